The van der Waals surface area contributed by atoms with Crippen LogP contribution in [0.2, 0.25) is 0 Å². The number of hydrogen-bond donors (Lipinski definition) is 1. The highest BCUT2D eigenvalue weighted by atomic mass is 16.5. The van der Waals surface area contributed by atoms with Gasteiger partial charge in [-0.05, 0) is 12.8 Å². The average Bonchev–Trinajstić information content (AvgIpc) is 2.16. The van der Waals surface area contributed by atoms with Gasteiger partial charge in [-0.1, -0.05) is 26.0 Å². The second kappa shape index (κ2) is 8.03. The lowest BCUT2D eigenvalue weighted by atomic mass is 10.2. The number of esters is 1. The van der Waals surface area contributed by atoms with Crippen molar-refractivity contribution in [3.05, 3.63) is 12.2 Å². The molecule has 0 rings (SSSR count). The molecular formula is C11H18O4. The lowest BCUT2D eigenvalue weighted by Gasteiger charge is -2.12. The highest BCUT2D eigenvalue weighted by Crippen LogP contribution is 2.05. The minimum atomic E-state index is -0.946. The Balaban J connectivity index is 3.90. The first-order chi connectivity index (χ1) is 7.10. The van der Waals surface area contributed by atoms with Crippen LogP contribution in [0.1, 0.15) is 39.5 Å². The Hall–Kier alpha value is -1.32. The number of hydrogen-bond acceptors (Lipinski definition) is 3. The molecule has 0 amide bonds. The number of allylic oxidation sites excluding steroid dienone is 1. The molecule has 0 aromatic carbocycles. The fraction of sp³-hybridized carbons (Fsp3) is 0.636. The van der Waals surface area contributed by atoms with Gasteiger partial charge >= 0.3 is 11.9 Å². The zero-order valence-corrected chi connectivity index (χ0v) is 9.23. The molecule has 0 aliphatic rings. The van der Waals surface area contributed by atoms with E-state index in [2.05, 4.69) is 0 Å². The summed E-state index contributed by atoms with van der Waals surface area (Å²) in [4.78, 5) is 21.6. The van der Waals surface area contributed by atoms with Crippen LogP contribution in [0.3, 0.4) is 0 Å². The van der Waals surface area contributed by atoms with Crippen molar-refractivity contribution >= 4 is 11.9 Å². The van der Waals surface area contributed by atoms with E-state index < -0.39 is 12.1 Å². The zero-order chi connectivity index (χ0) is 11.7. The summed E-state index contributed by atoms with van der Waals surface area (Å²) in [5.74, 6) is -1.31. The summed E-state index contributed by atoms with van der Waals surface area (Å²) in [6, 6.07) is 0. The molecule has 0 aromatic rings. The lowest BCUT2D eigenvalue weighted by molar-refractivity contribution is -0.152. The molecule has 0 aromatic heterocycles. The number of carboxylic acids is 1. The summed E-state index contributed by atoms with van der Waals surface area (Å²) in [5, 5.41) is 8.54. The SMILES string of the molecule is CCC=CCC(=O)OC(CC)CC(=O)O. The minimum Gasteiger partial charge on any atom is -0.481 e. The zero-order valence-electron chi connectivity index (χ0n) is 9.23. The molecule has 0 spiro atoms. The van der Waals surface area contributed by atoms with Crippen molar-refractivity contribution in [2.24, 2.45) is 0 Å². The normalized spacial score (nSPS) is 12.7. The number of carbonyl (C=O) groups excluding carboxylic acids is 1. The molecule has 86 valence electrons. The number of carbonyl (C=O) groups is 2. The average molecular weight is 214 g/mol. The van der Waals surface area contributed by atoms with Gasteiger partial charge < -0.3 is 9.84 Å². The van der Waals surface area contributed by atoms with Gasteiger partial charge in [0.15, 0.2) is 0 Å². The van der Waals surface area contributed by atoms with E-state index in [0.29, 0.717) is 6.42 Å². The second-order valence-electron chi connectivity index (χ2n) is 3.20. The topological polar surface area (TPSA) is 63.6 Å². The van der Waals surface area contributed by atoms with Crippen molar-refractivity contribution in [3.63, 3.8) is 0 Å². The highest BCUT2D eigenvalue weighted by Gasteiger charge is 2.14. The van der Waals surface area contributed by atoms with Crippen molar-refractivity contribution < 1.29 is 19.4 Å². The molecule has 0 fully saturated rings. The van der Waals surface area contributed by atoms with Crippen LogP contribution in [0.25, 0.3) is 0 Å². The van der Waals surface area contributed by atoms with Crippen molar-refractivity contribution in [1.29, 1.82) is 0 Å². The Morgan fingerprint density at radius 1 is 1.33 bits per heavy atom. The predicted molar refractivity (Wildman–Crippen MR) is 56.5 cm³/mol. The highest BCUT2D eigenvalue weighted by molar-refractivity contribution is 5.72. The van der Waals surface area contributed by atoms with E-state index in [1.165, 1.54) is 0 Å². The Kier molecular flexibility index (Phi) is 7.32. The molecule has 0 aliphatic carbocycles. The van der Waals surface area contributed by atoms with Gasteiger partial charge in [-0.15, -0.1) is 0 Å². The third kappa shape index (κ3) is 7.73. The first kappa shape index (κ1) is 13.7. The third-order valence-electron chi connectivity index (χ3n) is 1.84. The standard InChI is InChI=1S/C11H18O4/c1-3-5-6-7-11(14)15-9(4-2)8-10(12)13/h5-6,9H,3-4,7-8H2,1-2H3,(H,12,13). The van der Waals surface area contributed by atoms with Crippen LogP contribution in [-0.2, 0) is 14.3 Å². The molecule has 0 saturated heterocycles. The summed E-state index contributed by atoms with van der Waals surface area (Å²) in [7, 11) is 0. The minimum absolute atomic E-state index is 0.125. The summed E-state index contributed by atoms with van der Waals surface area (Å²) in [6.45, 7) is 3.77. The first-order valence-corrected chi connectivity index (χ1v) is 5.16. The fourth-order valence-corrected chi connectivity index (χ4v) is 1.04. The molecule has 15 heavy (non-hydrogen) atoms. The van der Waals surface area contributed by atoms with Crippen LogP contribution in [0, 0.1) is 0 Å². The molecule has 0 aliphatic heterocycles. The van der Waals surface area contributed by atoms with Gasteiger partial charge in [-0.25, -0.2) is 0 Å². The second-order valence-corrected chi connectivity index (χ2v) is 3.20. The largest absolute Gasteiger partial charge is 0.481 e. The Morgan fingerprint density at radius 3 is 2.47 bits per heavy atom. The Labute approximate surface area is 89.9 Å². The quantitative estimate of drug-likeness (QED) is 0.521. The van der Waals surface area contributed by atoms with Gasteiger partial charge in [0.1, 0.15) is 6.10 Å². The van der Waals surface area contributed by atoms with Gasteiger partial charge in [0.25, 0.3) is 0 Å². The monoisotopic (exact) mass is 214 g/mol. The Morgan fingerprint density at radius 2 is 2.00 bits per heavy atom. The predicted octanol–water partition coefficient (Wildman–Crippen LogP) is 2.14. The number of aliphatic carboxylic acids is 1. The van der Waals surface area contributed by atoms with Crippen LogP contribution < -0.4 is 0 Å². The molecule has 4 heteroatoms. The summed E-state index contributed by atoms with van der Waals surface area (Å²) in [5.41, 5.74) is 0. The molecule has 0 bridgehead atoms. The van der Waals surface area contributed by atoms with E-state index in [4.69, 9.17) is 9.84 Å². The molecule has 4 nitrogen and oxygen atoms in total. The van der Waals surface area contributed by atoms with E-state index in [0.717, 1.165) is 6.42 Å². The summed E-state index contributed by atoms with van der Waals surface area (Å²) >= 11 is 0. The lowest BCUT2D eigenvalue weighted by Crippen LogP contribution is -2.20. The van der Waals surface area contributed by atoms with Gasteiger partial charge in [-0.3, -0.25) is 9.59 Å². The van der Waals surface area contributed by atoms with Gasteiger partial charge in [0, 0.05) is 0 Å². The van der Waals surface area contributed by atoms with Gasteiger partial charge in [0.2, 0.25) is 0 Å². The van der Waals surface area contributed by atoms with Crippen LogP contribution >= 0.6 is 0 Å². The van der Waals surface area contributed by atoms with Crippen LogP contribution in [-0.4, -0.2) is 23.1 Å². The fourth-order valence-electron chi connectivity index (χ4n) is 1.04. The molecular weight excluding hydrogens is 196 g/mol. The smallest absolute Gasteiger partial charge is 0.309 e. The molecule has 0 heterocycles. The van der Waals surface area contributed by atoms with Gasteiger partial charge in [0.05, 0.1) is 12.8 Å². The van der Waals surface area contributed by atoms with Crippen molar-refractivity contribution in [2.75, 3.05) is 0 Å². The van der Waals surface area contributed by atoms with Crippen LogP contribution in [0.4, 0.5) is 0 Å². The third-order valence-corrected chi connectivity index (χ3v) is 1.84. The van der Waals surface area contributed by atoms with Crippen molar-refractivity contribution in [3.8, 4) is 0 Å². The van der Waals surface area contributed by atoms with Crippen LogP contribution in [0.5, 0.6) is 0 Å². The molecule has 0 radical (unpaired) electrons. The summed E-state index contributed by atoms with van der Waals surface area (Å²) in [6.07, 6.45) is 4.58. The van der Waals surface area contributed by atoms with E-state index in [1.54, 1.807) is 13.0 Å². The van der Waals surface area contributed by atoms with Gasteiger partial charge in [-0.2, -0.15) is 0 Å². The van der Waals surface area contributed by atoms with Crippen LogP contribution in [0.15, 0.2) is 12.2 Å². The number of carboxylic acid groups (broad SMARTS) is 1. The Bertz CT molecular complexity index is 233. The summed E-state index contributed by atoms with van der Waals surface area (Å²) < 4.78 is 4.99. The van der Waals surface area contributed by atoms with E-state index in [9.17, 15) is 9.59 Å². The maximum absolute atomic E-state index is 11.2. The van der Waals surface area contributed by atoms with E-state index >= 15 is 0 Å². The van der Waals surface area contributed by atoms with E-state index in [1.807, 2.05) is 13.0 Å². The molecule has 1 atom stereocenters. The maximum atomic E-state index is 11.2. The van der Waals surface area contributed by atoms with Crippen molar-refractivity contribution in [1.82, 2.24) is 0 Å². The van der Waals surface area contributed by atoms with E-state index in [-0.39, 0.29) is 18.8 Å². The number of rotatable bonds is 7. The molecule has 0 saturated carbocycles. The molecule has 1 N–H and O–H groups in total. The first-order valence-electron chi connectivity index (χ1n) is 5.16. The van der Waals surface area contributed by atoms with Crippen molar-refractivity contribution in [2.45, 2.75) is 45.6 Å². The number of ether oxygens (including phenoxy) is 1. The molecule has 1 unspecified atom stereocenters. The maximum Gasteiger partial charge on any atom is 0.309 e.